The molecule has 2 rings (SSSR count). The Balaban J connectivity index is 1.94. The smallest absolute Gasteiger partial charge is 0.340 e. The van der Waals surface area contributed by atoms with Crippen molar-refractivity contribution >= 4 is 11.9 Å². The predicted octanol–water partition coefficient (Wildman–Crippen LogP) is 3.98. The number of benzene rings is 1. The second-order valence-electron chi connectivity index (χ2n) is 6.84. The van der Waals surface area contributed by atoms with Crippen LogP contribution < -0.4 is 5.32 Å². The quantitative estimate of drug-likeness (QED) is 0.715. The molecule has 0 saturated heterocycles. The summed E-state index contributed by atoms with van der Waals surface area (Å²) in [6.07, 6.45) is 0.0806. The van der Waals surface area contributed by atoms with Gasteiger partial charge in [0.05, 0.1) is 5.56 Å². The lowest BCUT2D eigenvalue weighted by molar-refractivity contribution is -0.129. The fraction of sp³-hybridized carbons (Fsp3) is 0.455. The lowest BCUT2D eigenvalue weighted by Crippen LogP contribution is -2.38. The largest absolute Gasteiger partial charge is 0.449 e. The SMILES string of the molecule is CC[C@H](CNC(=O)[C@H](C)OC(=O)c1cc(C)n(CC)c1C)c1ccccc1. The molecule has 2 aromatic rings. The van der Waals surface area contributed by atoms with Gasteiger partial charge in [-0.2, -0.15) is 0 Å². The van der Waals surface area contributed by atoms with Gasteiger partial charge in [0.2, 0.25) is 0 Å². The summed E-state index contributed by atoms with van der Waals surface area (Å²) >= 11 is 0. The van der Waals surface area contributed by atoms with Gasteiger partial charge in [-0.3, -0.25) is 4.79 Å². The molecular weight excluding hydrogens is 340 g/mol. The minimum Gasteiger partial charge on any atom is -0.449 e. The van der Waals surface area contributed by atoms with Crippen LogP contribution in [0.1, 0.15) is 60.4 Å². The summed E-state index contributed by atoms with van der Waals surface area (Å²) < 4.78 is 7.45. The van der Waals surface area contributed by atoms with Crippen LogP contribution in [0.5, 0.6) is 0 Å². The van der Waals surface area contributed by atoms with Gasteiger partial charge in [0.25, 0.3) is 5.91 Å². The van der Waals surface area contributed by atoms with Crippen molar-refractivity contribution in [2.75, 3.05) is 6.54 Å². The Hall–Kier alpha value is -2.56. The minimum atomic E-state index is -0.838. The third-order valence-corrected chi connectivity index (χ3v) is 5.05. The van der Waals surface area contributed by atoms with Crippen LogP contribution in [0.4, 0.5) is 0 Å². The summed E-state index contributed by atoms with van der Waals surface area (Å²) in [4.78, 5) is 24.8. The first kappa shape index (κ1) is 20.7. The monoisotopic (exact) mass is 370 g/mol. The summed E-state index contributed by atoms with van der Waals surface area (Å²) in [5.74, 6) is -0.496. The first-order chi connectivity index (χ1) is 12.9. The highest BCUT2D eigenvalue weighted by Gasteiger charge is 2.23. The first-order valence-electron chi connectivity index (χ1n) is 9.59. The Kier molecular flexibility index (Phi) is 7.22. The molecule has 0 unspecified atom stereocenters. The van der Waals surface area contributed by atoms with E-state index in [0.29, 0.717) is 12.1 Å². The number of carbonyl (C=O) groups is 2. The van der Waals surface area contributed by atoms with Crippen molar-refractivity contribution in [3.05, 3.63) is 58.9 Å². The van der Waals surface area contributed by atoms with Gasteiger partial charge < -0.3 is 14.6 Å². The van der Waals surface area contributed by atoms with Crippen LogP contribution >= 0.6 is 0 Å². The van der Waals surface area contributed by atoms with Gasteiger partial charge in [-0.05, 0) is 45.7 Å². The first-order valence-corrected chi connectivity index (χ1v) is 9.59. The standard InChI is InChI=1S/C22H30N2O3/c1-6-18(19-11-9-8-10-12-19)14-23-21(25)17(5)27-22(26)20-13-15(3)24(7-2)16(20)4/h8-13,17-18H,6-7,14H2,1-5H3,(H,23,25)/t17-,18+/m0/s1. The number of hydrogen-bond donors (Lipinski definition) is 1. The Bertz CT molecular complexity index is 780. The molecule has 5 nitrogen and oxygen atoms in total. The zero-order valence-electron chi connectivity index (χ0n) is 16.9. The van der Waals surface area contributed by atoms with E-state index >= 15 is 0 Å². The third-order valence-electron chi connectivity index (χ3n) is 5.05. The van der Waals surface area contributed by atoms with Gasteiger partial charge in [0, 0.05) is 30.4 Å². The maximum absolute atomic E-state index is 12.5. The van der Waals surface area contributed by atoms with E-state index in [0.717, 1.165) is 24.4 Å². The number of hydrogen-bond acceptors (Lipinski definition) is 3. The van der Waals surface area contributed by atoms with Gasteiger partial charge in [-0.25, -0.2) is 4.79 Å². The normalized spacial score (nSPS) is 13.1. The summed E-state index contributed by atoms with van der Waals surface area (Å²) in [5, 5.41) is 2.91. The maximum Gasteiger partial charge on any atom is 0.340 e. The summed E-state index contributed by atoms with van der Waals surface area (Å²) in [5.41, 5.74) is 3.58. The molecule has 0 spiro atoms. The number of carbonyl (C=O) groups excluding carboxylic acids is 2. The molecule has 0 aliphatic carbocycles. The molecule has 146 valence electrons. The molecule has 27 heavy (non-hydrogen) atoms. The maximum atomic E-state index is 12.5. The Morgan fingerprint density at radius 1 is 1.15 bits per heavy atom. The van der Waals surface area contributed by atoms with Crippen molar-refractivity contribution < 1.29 is 14.3 Å². The highest BCUT2D eigenvalue weighted by atomic mass is 16.5. The minimum absolute atomic E-state index is 0.238. The third kappa shape index (κ3) is 5.00. The molecular formula is C22H30N2O3. The molecule has 0 radical (unpaired) electrons. The topological polar surface area (TPSA) is 60.3 Å². The lowest BCUT2D eigenvalue weighted by Gasteiger charge is -2.18. The lowest BCUT2D eigenvalue weighted by atomic mass is 9.96. The number of nitrogens with one attached hydrogen (secondary N) is 1. The van der Waals surface area contributed by atoms with Crippen molar-refractivity contribution in [1.82, 2.24) is 9.88 Å². The number of aryl methyl sites for hydroxylation is 1. The van der Waals surface area contributed by atoms with Crippen molar-refractivity contribution in [2.45, 2.75) is 59.6 Å². The molecule has 2 atom stereocenters. The van der Waals surface area contributed by atoms with Crippen LogP contribution in [0.2, 0.25) is 0 Å². The number of aromatic nitrogens is 1. The molecule has 1 amide bonds. The molecule has 1 aromatic carbocycles. The van der Waals surface area contributed by atoms with Crippen molar-refractivity contribution in [3.63, 3.8) is 0 Å². The Morgan fingerprint density at radius 2 is 1.81 bits per heavy atom. The second-order valence-corrected chi connectivity index (χ2v) is 6.84. The summed E-state index contributed by atoms with van der Waals surface area (Å²) in [6, 6.07) is 11.9. The van der Waals surface area contributed by atoms with E-state index in [9.17, 15) is 9.59 Å². The van der Waals surface area contributed by atoms with Gasteiger partial charge in [0.1, 0.15) is 0 Å². The number of ether oxygens (including phenoxy) is 1. The Morgan fingerprint density at radius 3 is 2.37 bits per heavy atom. The fourth-order valence-corrected chi connectivity index (χ4v) is 3.36. The van der Waals surface area contributed by atoms with Gasteiger partial charge in [-0.15, -0.1) is 0 Å². The number of rotatable bonds is 8. The molecule has 0 fully saturated rings. The average Bonchev–Trinajstić information content (AvgIpc) is 2.96. The van der Waals surface area contributed by atoms with Crippen molar-refractivity contribution in [2.24, 2.45) is 0 Å². The van der Waals surface area contributed by atoms with E-state index in [4.69, 9.17) is 4.74 Å². The van der Waals surface area contributed by atoms with Crippen LogP contribution in [0.3, 0.4) is 0 Å². The van der Waals surface area contributed by atoms with Crippen LogP contribution in [0.25, 0.3) is 0 Å². The highest BCUT2D eigenvalue weighted by Crippen LogP contribution is 2.19. The predicted molar refractivity (Wildman–Crippen MR) is 107 cm³/mol. The highest BCUT2D eigenvalue weighted by molar-refractivity contribution is 5.93. The van der Waals surface area contributed by atoms with Crippen molar-refractivity contribution in [3.8, 4) is 0 Å². The molecule has 0 saturated carbocycles. The van der Waals surface area contributed by atoms with Gasteiger partial charge >= 0.3 is 5.97 Å². The van der Waals surface area contributed by atoms with Crippen LogP contribution in [-0.4, -0.2) is 29.1 Å². The van der Waals surface area contributed by atoms with E-state index in [2.05, 4.69) is 24.4 Å². The average molecular weight is 370 g/mol. The molecule has 5 heteroatoms. The van der Waals surface area contributed by atoms with Gasteiger partial charge in [0.15, 0.2) is 6.10 Å². The van der Waals surface area contributed by atoms with Crippen LogP contribution in [0, 0.1) is 13.8 Å². The van der Waals surface area contributed by atoms with Crippen LogP contribution in [-0.2, 0) is 16.1 Å². The zero-order chi connectivity index (χ0) is 20.0. The summed E-state index contributed by atoms with van der Waals surface area (Å²) in [6.45, 7) is 10.9. The van der Waals surface area contributed by atoms with E-state index in [1.807, 2.05) is 49.6 Å². The van der Waals surface area contributed by atoms with Gasteiger partial charge in [-0.1, -0.05) is 37.3 Å². The fourth-order valence-electron chi connectivity index (χ4n) is 3.36. The summed E-state index contributed by atoms with van der Waals surface area (Å²) in [7, 11) is 0. The number of amides is 1. The van der Waals surface area contributed by atoms with E-state index in [-0.39, 0.29) is 11.8 Å². The van der Waals surface area contributed by atoms with E-state index < -0.39 is 12.1 Å². The Labute approximate surface area is 161 Å². The molecule has 0 aliphatic heterocycles. The molecule has 0 aliphatic rings. The van der Waals surface area contributed by atoms with Crippen molar-refractivity contribution in [1.29, 1.82) is 0 Å². The van der Waals surface area contributed by atoms with E-state index in [1.54, 1.807) is 6.92 Å². The molecule has 1 N–H and O–H groups in total. The molecule has 0 bridgehead atoms. The number of esters is 1. The van der Waals surface area contributed by atoms with E-state index in [1.165, 1.54) is 5.56 Å². The second kappa shape index (κ2) is 9.40. The molecule has 1 heterocycles. The number of nitrogens with zero attached hydrogens (tertiary/aromatic N) is 1. The van der Waals surface area contributed by atoms with Crippen LogP contribution in [0.15, 0.2) is 36.4 Å². The molecule has 1 aromatic heterocycles. The zero-order valence-corrected chi connectivity index (χ0v) is 16.9.